The quantitative estimate of drug-likeness (QED) is 0.332. The van der Waals surface area contributed by atoms with Crippen LogP contribution in [0.15, 0.2) is 48.5 Å². The van der Waals surface area contributed by atoms with Crippen molar-refractivity contribution in [2.75, 3.05) is 12.4 Å². The fourth-order valence-corrected chi connectivity index (χ4v) is 7.18. The van der Waals surface area contributed by atoms with E-state index in [0.29, 0.717) is 17.1 Å². The molecule has 0 spiro atoms. The summed E-state index contributed by atoms with van der Waals surface area (Å²) in [6.45, 7) is 6.27. The normalized spacial score (nSPS) is 26.1. The van der Waals surface area contributed by atoms with Gasteiger partial charge in [-0.2, -0.15) is 0 Å². The van der Waals surface area contributed by atoms with Crippen LogP contribution in [0.4, 0.5) is 5.69 Å². The number of carbonyl (C=O) groups excluding carboxylic acids is 1. The minimum absolute atomic E-state index is 0.0813. The van der Waals surface area contributed by atoms with Gasteiger partial charge in [-0.25, -0.2) is 0 Å². The largest absolute Gasteiger partial charge is 0.508 e. The minimum Gasteiger partial charge on any atom is -0.508 e. The average Bonchev–Trinajstić information content (AvgIpc) is 2.83. The van der Waals surface area contributed by atoms with Crippen molar-refractivity contribution in [3.63, 3.8) is 0 Å². The third kappa shape index (κ3) is 7.25. The lowest BCUT2D eigenvalue weighted by Gasteiger charge is -2.57. The van der Waals surface area contributed by atoms with Crippen molar-refractivity contribution in [1.29, 1.82) is 0 Å². The van der Waals surface area contributed by atoms with Crippen LogP contribution in [0.5, 0.6) is 5.75 Å². The second kappa shape index (κ2) is 11.8. The smallest absolute Gasteiger partial charge is 0.231 e. The molecule has 4 aliphatic carbocycles. The highest BCUT2D eigenvalue weighted by atomic mass is 32.1. The maximum Gasteiger partial charge on any atom is 0.231 e. The first-order chi connectivity index (χ1) is 17.6. The summed E-state index contributed by atoms with van der Waals surface area (Å²) in [4.78, 5) is 12.3. The predicted molar refractivity (Wildman–Crippen MR) is 156 cm³/mol. The molecule has 0 aliphatic heterocycles. The van der Waals surface area contributed by atoms with Gasteiger partial charge in [-0.15, -0.1) is 0 Å². The Morgan fingerprint density at radius 3 is 2.11 bits per heavy atom. The summed E-state index contributed by atoms with van der Waals surface area (Å²) >= 11 is 5.27. The Morgan fingerprint density at radius 1 is 1.00 bits per heavy atom. The first kappa shape index (κ1) is 27.4. The second-order valence-corrected chi connectivity index (χ2v) is 12.4. The summed E-state index contributed by atoms with van der Waals surface area (Å²) in [5, 5.41) is 19.8. The zero-order valence-corrected chi connectivity index (χ0v) is 23.5. The number of carbonyl (C=O) groups is 1. The highest BCUT2D eigenvalue weighted by Crippen LogP contribution is 2.55. The number of hydrogen-bond acceptors (Lipinski definition) is 3. The number of hydrogen-bond donors (Lipinski definition) is 4. The Balaban J connectivity index is 0.000000184. The SMILES string of the molecule is CC(C)Cc1ccc(C(C)C(=O)Nc2cccc(O)c2)cc1.CNC(=S)NC12CC3CC(CC(C3)C1)C2. The molecule has 0 saturated heterocycles. The molecule has 6 heteroatoms. The standard InChI is InChI=1S/C19H23NO2.C12H20N2S/c1-13(2)11-15-7-9-16(10-8-15)14(3)19(22)20-17-5-4-6-18(21)12-17;1-13-11(15)14-12-5-8-2-9(6-12)4-10(3-8)7-12/h4-10,12-14,21H,11H2,1-3H3,(H,20,22);8-10H,2-7H2,1H3,(H2,13,14,15). The molecule has 2 aromatic rings. The average molecular weight is 522 g/mol. The van der Waals surface area contributed by atoms with Crippen LogP contribution in [0.1, 0.15) is 76.3 Å². The van der Waals surface area contributed by atoms with E-state index in [4.69, 9.17) is 12.2 Å². The Labute approximate surface area is 227 Å². The molecule has 4 N–H and O–H groups in total. The van der Waals surface area contributed by atoms with E-state index >= 15 is 0 Å². The summed E-state index contributed by atoms with van der Waals surface area (Å²) in [5.74, 6) is 3.41. The van der Waals surface area contributed by atoms with Crippen molar-refractivity contribution in [3.8, 4) is 5.75 Å². The molecule has 5 nitrogen and oxygen atoms in total. The molecule has 0 heterocycles. The zero-order valence-electron chi connectivity index (χ0n) is 22.7. The van der Waals surface area contributed by atoms with Gasteiger partial charge in [-0.3, -0.25) is 4.79 Å². The van der Waals surface area contributed by atoms with Gasteiger partial charge >= 0.3 is 0 Å². The van der Waals surface area contributed by atoms with Gasteiger partial charge in [0.1, 0.15) is 5.75 Å². The van der Waals surface area contributed by atoms with Crippen molar-refractivity contribution in [2.24, 2.45) is 23.7 Å². The van der Waals surface area contributed by atoms with E-state index < -0.39 is 0 Å². The zero-order chi connectivity index (χ0) is 26.6. The van der Waals surface area contributed by atoms with Gasteiger partial charge in [0, 0.05) is 24.3 Å². The number of anilines is 1. The fourth-order valence-electron chi connectivity index (χ4n) is 6.97. The molecule has 37 heavy (non-hydrogen) atoms. The lowest BCUT2D eigenvalue weighted by Crippen LogP contribution is -2.61. The minimum atomic E-state index is -0.240. The van der Waals surface area contributed by atoms with Gasteiger partial charge in [0.05, 0.1) is 5.92 Å². The first-order valence-corrected chi connectivity index (χ1v) is 14.2. The van der Waals surface area contributed by atoms with E-state index in [1.54, 1.807) is 18.2 Å². The lowest BCUT2D eigenvalue weighted by molar-refractivity contribution is -0.117. The van der Waals surface area contributed by atoms with Crippen molar-refractivity contribution in [1.82, 2.24) is 10.6 Å². The summed E-state index contributed by atoms with van der Waals surface area (Å²) in [6.07, 6.45) is 9.61. The second-order valence-electron chi connectivity index (χ2n) is 12.0. The van der Waals surface area contributed by atoms with Crippen LogP contribution in [0.2, 0.25) is 0 Å². The van der Waals surface area contributed by atoms with Gasteiger partial charge in [-0.1, -0.05) is 44.2 Å². The third-order valence-electron chi connectivity index (χ3n) is 8.27. The molecule has 1 unspecified atom stereocenters. The number of phenolic OH excluding ortho intramolecular Hbond substituents is 1. The topological polar surface area (TPSA) is 73.4 Å². The van der Waals surface area contributed by atoms with Crippen LogP contribution in [-0.2, 0) is 11.2 Å². The number of thiocarbonyl (C=S) groups is 1. The highest BCUT2D eigenvalue weighted by molar-refractivity contribution is 7.80. The molecule has 4 saturated carbocycles. The Bertz CT molecular complexity index is 1050. The summed E-state index contributed by atoms with van der Waals surface area (Å²) in [5.41, 5.74) is 3.26. The summed E-state index contributed by atoms with van der Waals surface area (Å²) < 4.78 is 0. The van der Waals surface area contributed by atoms with Crippen molar-refractivity contribution >= 4 is 28.9 Å². The monoisotopic (exact) mass is 521 g/mol. The van der Waals surface area contributed by atoms with Gasteiger partial charge in [0.25, 0.3) is 0 Å². The van der Waals surface area contributed by atoms with Crippen molar-refractivity contribution in [3.05, 3.63) is 59.7 Å². The van der Waals surface area contributed by atoms with Crippen LogP contribution >= 0.6 is 12.2 Å². The summed E-state index contributed by atoms with van der Waals surface area (Å²) in [6, 6.07) is 14.8. The van der Waals surface area contributed by atoms with Crippen LogP contribution in [0, 0.1) is 23.7 Å². The van der Waals surface area contributed by atoms with Crippen molar-refractivity contribution < 1.29 is 9.90 Å². The van der Waals surface area contributed by atoms with Gasteiger partial charge in [0.15, 0.2) is 5.11 Å². The Kier molecular flexibility index (Phi) is 8.79. The molecule has 4 fully saturated rings. The molecule has 2 aromatic carbocycles. The molecule has 0 aromatic heterocycles. The molecule has 1 amide bonds. The molecule has 1 atom stereocenters. The van der Waals surface area contributed by atoms with Gasteiger partial charge in [0.2, 0.25) is 5.91 Å². The Morgan fingerprint density at radius 2 is 1.59 bits per heavy atom. The third-order valence-corrected chi connectivity index (χ3v) is 8.58. The maximum absolute atomic E-state index is 12.3. The van der Waals surface area contributed by atoms with E-state index in [0.717, 1.165) is 34.9 Å². The number of amides is 1. The van der Waals surface area contributed by atoms with E-state index in [2.05, 4.69) is 41.9 Å². The fraction of sp³-hybridized carbons (Fsp3) is 0.548. The van der Waals surface area contributed by atoms with E-state index in [9.17, 15) is 9.90 Å². The predicted octanol–water partition coefficient (Wildman–Crippen LogP) is 6.38. The number of benzene rings is 2. The van der Waals surface area contributed by atoms with Crippen LogP contribution in [0.25, 0.3) is 0 Å². The van der Waals surface area contributed by atoms with E-state index in [-0.39, 0.29) is 17.6 Å². The van der Waals surface area contributed by atoms with E-state index in [1.807, 2.05) is 26.1 Å². The van der Waals surface area contributed by atoms with Gasteiger partial charge < -0.3 is 21.1 Å². The summed E-state index contributed by atoms with van der Waals surface area (Å²) in [7, 11) is 1.91. The molecular weight excluding hydrogens is 478 g/mol. The maximum atomic E-state index is 12.3. The van der Waals surface area contributed by atoms with Gasteiger partial charge in [-0.05, 0) is 111 Å². The molecule has 0 radical (unpaired) electrons. The first-order valence-electron chi connectivity index (χ1n) is 13.8. The highest BCUT2D eigenvalue weighted by Gasteiger charge is 2.51. The van der Waals surface area contributed by atoms with Crippen molar-refractivity contribution in [2.45, 2.75) is 77.2 Å². The molecular formula is C31H43N3O2S. The van der Waals surface area contributed by atoms with Crippen LogP contribution in [-0.4, -0.2) is 28.7 Å². The van der Waals surface area contributed by atoms with Crippen LogP contribution in [0.3, 0.4) is 0 Å². The number of phenols is 1. The lowest BCUT2D eigenvalue weighted by atomic mass is 9.53. The van der Waals surface area contributed by atoms with Crippen LogP contribution < -0.4 is 16.0 Å². The molecule has 6 rings (SSSR count). The molecule has 4 bridgehead atoms. The number of aromatic hydroxyl groups is 1. The number of nitrogens with one attached hydrogen (secondary N) is 3. The van der Waals surface area contributed by atoms with E-state index in [1.165, 1.54) is 50.2 Å². The number of rotatable bonds is 6. The Hall–Kier alpha value is -2.60. The molecule has 4 aliphatic rings. The molecule has 200 valence electrons.